The summed E-state index contributed by atoms with van der Waals surface area (Å²) < 4.78 is 1.85. The fraction of sp³-hybridized carbons (Fsp3) is 0.833. The molecule has 0 saturated heterocycles. The fourth-order valence-corrected chi connectivity index (χ4v) is 2.22. The Morgan fingerprint density at radius 1 is 1.41 bits per heavy atom. The lowest BCUT2D eigenvalue weighted by Crippen LogP contribution is -2.37. The van der Waals surface area contributed by atoms with Crippen LogP contribution in [-0.4, -0.2) is 32.5 Å². The van der Waals surface area contributed by atoms with Gasteiger partial charge in [-0.25, -0.2) is 9.67 Å². The molecule has 1 fully saturated rings. The Kier molecular flexibility index (Phi) is 3.79. The molecule has 1 heterocycles. The van der Waals surface area contributed by atoms with Crippen LogP contribution in [0.25, 0.3) is 0 Å². The third kappa shape index (κ3) is 2.50. The molecule has 0 amide bonds. The van der Waals surface area contributed by atoms with E-state index >= 15 is 0 Å². The molecule has 17 heavy (non-hydrogen) atoms. The van der Waals surface area contributed by atoms with Crippen molar-refractivity contribution in [2.75, 3.05) is 6.61 Å². The molecule has 1 saturated carbocycles. The van der Waals surface area contributed by atoms with E-state index in [2.05, 4.69) is 17.0 Å². The number of aliphatic hydroxyl groups excluding tert-OH is 1. The zero-order valence-electron chi connectivity index (χ0n) is 10.6. The maximum absolute atomic E-state index is 9.56. The first-order chi connectivity index (χ1) is 8.21. The van der Waals surface area contributed by atoms with Crippen LogP contribution in [-0.2, 0) is 12.8 Å². The maximum atomic E-state index is 9.56. The largest absolute Gasteiger partial charge is 0.394 e. The third-order valence-corrected chi connectivity index (χ3v) is 3.49. The standard InChI is InChI=1S/C12H22N4O/c1-3-10-14-11(4-2)16(15-10)9(7-17)12(13)8-5-6-8/h8-9,12,17H,3-7,13H2,1-2H3. The van der Waals surface area contributed by atoms with Crippen LogP contribution in [0.1, 0.15) is 44.4 Å². The zero-order valence-corrected chi connectivity index (χ0v) is 10.6. The van der Waals surface area contributed by atoms with E-state index in [0.717, 1.165) is 24.5 Å². The Morgan fingerprint density at radius 2 is 2.12 bits per heavy atom. The van der Waals surface area contributed by atoms with Gasteiger partial charge < -0.3 is 10.8 Å². The summed E-state index contributed by atoms with van der Waals surface area (Å²) in [4.78, 5) is 4.46. The minimum atomic E-state index is -0.120. The van der Waals surface area contributed by atoms with Crippen LogP contribution in [0, 0.1) is 5.92 Å². The monoisotopic (exact) mass is 238 g/mol. The van der Waals surface area contributed by atoms with Gasteiger partial charge >= 0.3 is 0 Å². The highest BCUT2D eigenvalue weighted by atomic mass is 16.3. The number of hydrogen-bond donors (Lipinski definition) is 2. The first-order valence-corrected chi connectivity index (χ1v) is 6.51. The van der Waals surface area contributed by atoms with Gasteiger partial charge in [-0.05, 0) is 18.8 Å². The summed E-state index contributed by atoms with van der Waals surface area (Å²) in [5, 5.41) is 14.0. The number of aromatic nitrogens is 3. The fourth-order valence-electron chi connectivity index (χ4n) is 2.22. The summed E-state index contributed by atoms with van der Waals surface area (Å²) in [6, 6.07) is -0.123. The first kappa shape index (κ1) is 12.5. The van der Waals surface area contributed by atoms with Crippen LogP contribution in [0.5, 0.6) is 0 Å². The molecular formula is C12H22N4O. The van der Waals surface area contributed by atoms with Crippen molar-refractivity contribution in [3.8, 4) is 0 Å². The molecule has 96 valence electrons. The minimum Gasteiger partial charge on any atom is -0.394 e. The van der Waals surface area contributed by atoms with Crippen molar-refractivity contribution in [1.82, 2.24) is 14.8 Å². The van der Waals surface area contributed by atoms with Crippen LogP contribution in [0.3, 0.4) is 0 Å². The van der Waals surface area contributed by atoms with E-state index in [0.29, 0.717) is 5.92 Å². The molecule has 1 aromatic heterocycles. The maximum Gasteiger partial charge on any atom is 0.150 e. The van der Waals surface area contributed by atoms with Crippen LogP contribution in [0.15, 0.2) is 0 Å². The lowest BCUT2D eigenvalue weighted by Gasteiger charge is -2.23. The zero-order chi connectivity index (χ0) is 12.4. The SMILES string of the molecule is CCc1nc(CC)n(C(CO)C(N)C2CC2)n1. The summed E-state index contributed by atoms with van der Waals surface area (Å²) in [5.41, 5.74) is 6.19. The first-order valence-electron chi connectivity index (χ1n) is 6.51. The summed E-state index contributed by atoms with van der Waals surface area (Å²) in [6.07, 6.45) is 3.99. The van der Waals surface area contributed by atoms with Gasteiger partial charge in [0.25, 0.3) is 0 Å². The summed E-state index contributed by atoms with van der Waals surface area (Å²) in [6.45, 7) is 4.13. The van der Waals surface area contributed by atoms with Gasteiger partial charge in [-0.15, -0.1) is 0 Å². The average Bonchev–Trinajstić information content (AvgIpc) is 3.11. The molecule has 0 aliphatic heterocycles. The van der Waals surface area contributed by atoms with E-state index < -0.39 is 0 Å². The van der Waals surface area contributed by atoms with E-state index in [1.165, 1.54) is 12.8 Å². The molecule has 1 aliphatic carbocycles. The Bertz CT molecular complexity index is 373. The summed E-state index contributed by atoms with van der Waals surface area (Å²) >= 11 is 0. The Morgan fingerprint density at radius 3 is 2.59 bits per heavy atom. The normalized spacial score (nSPS) is 19.3. The lowest BCUT2D eigenvalue weighted by molar-refractivity contribution is 0.185. The molecule has 5 nitrogen and oxygen atoms in total. The van der Waals surface area contributed by atoms with E-state index in [4.69, 9.17) is 5.73 Å². The van der Waals surface area contributed by atoms with Crippen LogP contribution in [0.4, 0.5) is 0 Å². The van der Waals surface area contributed by atoms with Crippen molar-refractivity contribution in [3.63, 3.8) is 0 Å². The van der Waals surface area contributed by atoms with Crippen molar-refractivity contribution < 1.29 is 5.11 Å². The summed E-state index contributed by atoms with van der Waals surface area (Å²) in [5.74, 6) is 2.31. The quantitative estimate of drug-likeness (QED) is 0.764. The topological polar surface area (TPSA) is 77.0 Å². The van der Waals surface area contributed by atoms with Crippen LogP contribution < -0.4 is 5.73 Å². The second kappa shape index (κ2) is 5.14. The molecule has 2 unspecified atom stereocenters. The van der Waals surface area contributed by atoms with Gasteiger partial charge in [0.2, 0.25) is 0 Å². The molecule has 0 aromatic carbocycles. The Labute approximate surface area is 102 Å². The second-order valence-corrected chi connectivity index (χ2v) is 4.76. The van der Waals surface area contributed by atoms with E-state index in [1.807, 2.05) is 11.6 Å². The van der Waals surface area contributed by atoms with Crippen LogP contribution >= 0.6 is 0 Å². The average molecular weight is 238 g/mol. The van der Waals surface area contributed by atoms with Crippen molar-refractivity contribution in [1.29, 1.82) is 0 Å². The number of aryl methyl sites for hydroxylation is 2. The molecule has 1 aromatic rings. The molecule has 2 atom stereocenters. The second-order valence-electron chi connectivity index (χ2n) is 4.76. The molecule has 3 N–H and O–H groups in total. The molecule has 0 bridgehead atoms. The van der Waals surface area contributed by atoms with Gasteiger partial charge in [0.1, 0.15) is 5.82 Å². The van der Waals surface area contributed by atoms with Crippen molar-refractivity contribution in [3.05, 3.63) is 11.6 Å². The number of aliphatic hydroxyl groups is 1. The van der Waals surface area contributed by atoms with E-state index in [9.17, 15) is 5.11 Å². The Hall–Kier alpha value is -0.940. The van der Waals surface area contributed by atoms with Crippen molar-refractivity contribution >= 4 is 0 Å². The highest BCUT2D eigenvalue weighted by Crippen LogP contribution is 2.36. The predicted molar refractivity (Wildman–Crippen MR) is 65.6 cm³/mol. The molecule has 0 spiro atoms. The number of rotatable bonds is 6. The van der Waals surface area contributed by atoms with Gasteiger partial charge in [-0.2, -0.15) is 5.10 Å². The summed E-state index contributed by atoms with van der Waals surface area (Å²) in [7, 11) is 0. The number of nitrogens with zero attached hydrogens (tertiary/aromatic N) is 3. The molecule has 2 rings (SSSR count). The van der Waals surface area contributed by atoms with Gasteiger partial charge in [0.05, 0.1) is 12.6 Å². The van der Waals surface area contributed by atoms with E-state index in [1.54, 1.807) is 0 Å². The lowest BCUT2D eigenvalue weighted by atomic mass is 10.1. The van der Waals surface area contributed by atoms with Crippen molar-refractivity contribution in [2.24, 2.45) is 11.7 Å². The van der Waals surface area contributed by atoms with Crippen LogP contribution in [0.2, 0.25) is 0 Å². The molecule has 0 radical (unpaired) electrons. The Balaban J connectivity index is 2.24. The highest BCUT2D eigenvalue weighted by Gasteiger charge is 2.35. The predicted octanol–water partition coefficient (Wildman–Crippen LogP) is 0.674. The third-order valence-electron chi connectivity index (χ3n) is 3.49. The smallest absolute Gasteiger partial charge is 0.150 e. The number of hydrogen-bond acceptors (Lipinski definition) is 4. The number of nitrogens with two attached hydrogens (primary N) is 1. The molecule has 1 aliphatic rings. The van der Waals surface area contributed by atoms with Gasteiger partial charge in [-0.3, -0.25) is 0 Å². The minimum absolute atomic E-state index is 0.00305. The van der Waals surface area contributed by atoms with Gasteiger partial charge in [0, 0.05) is 18.9 Å². The molecule has 5 heteroatoms. The highest BCUT2D eigenvalue weighted by molar-refractivity contribution is 4.99. The van der Waals surface area contributed by atoms with Gasteiger partial charge in [-0.1, -0.05) is 13.8 Å². The molecular weight excluding hydrogens is 216 g/mol. The van der Waals surface area contributed by atoms with Gasteiger partial charge in [0.15, 0.2) is 5.82 Å². The van der Waals surface area contributed by atoms with E-state index in [-0.39, 0.29) is 18.7 Å². The van der Waals surface area contributed by atoms with Crippen molar-refractivity contribution in [2.45, 2.75) is 51.6 Å².